The molecule has 0 saturated carbocycles. The van der Waals surface area contributed by atoms with E-state index >= 15 is 0 Å². The minimum atomic E-state index is -0.685. The van der Waals surface area contributed by atoms with Crippen LogP contribution in [0.2, 0.25) is 0 Å². The Bertz CT molecular complexity index is 596. The van der Waals surface area contributed by atoms with Gasteiger partial charge in [-0.25, -0.2) is 0 Å². The number of hydrogen-bond donors (Lipinski definition) is 3. The molecule has 4 rings (SSSR count). The van der Waals surface area contributed by atoms with Crippen LogP contribution in [-0.4, -0.2) is 53.7 Å². The van der Waals surface area contributed by atoms with Gasteiger partial charge in [0.05, 0.1) is 11.6 Å². The zero-order valence-corrected chi connectivity index (χ0v) is 14.1. The molecule has 5 nitrogen and oxygen atoms in total. The number of benzene rings is 1. The lowest BCUT2D eigenvalue weighted by molar-refractivity contribution is -0.135. The van der Waals surface area contributed by atoms with Crippen molar-refractivity contribution in [3.63, 3.8) is 0 Å². The summed E-state index contributed by atoms with van der Waals surface area (Å²) in [5.74, 6) is 0.113. The molecule has 0 aromatic heterocycles. The van der Waals surface area contributed by atoms with Gasteiger partial charge in [0.25, 0.3) is 0 Å². The standard InChI is InChI=1S/C19H27N3O2/c23-16-14-20-11-10-19(16,15-6-2-1-3-7-15)21-17(24)18-8-4-12-22(18)13-5-9-18/h1-3,6-7,16,20,23H,4-5,8-14H2,(H,21,24)/t16-,19+/m1/s1. The van der Waals surface area contributed by atoms with Crippen LogP contribution in [0.1, 0.15) is 37.7 Å². The van der Waals surface area contributed by atoms with Crippen LogP contribution in [0.4, 0.5) is 0 Å². The van der Waals surface area contributed by atoms with Crippen molar-refractivity contribution < 1.29 is 9.90 Å². The van der Waals surface area contributed by atoms with Gasteiger partial charge in [0.1, 0.15) is 5.54 Å². The Morgan fingerprint density at radius 1 is 1.17 bits per heavy atom. The highest BCUT2D eigenvalue weighted by Crippen LogP contribution is 2.41. The molecule has 3 saturated heterocycles. The number of carbonyl (C=O) groups excluding carboxylic acids is 1. The summed E-state index contributed by atoms with van der Waals surface area (Å²) in [7, 11) is 0. The summed E-state index contributed by atoms with van der Waals surface area (Å²) < 4.78 is 0. The van der Waals surface area contributed by atoms with Crippen molar-refractivity contribution in [2.75, 3.05) is 26.2 Å². The van der Waals surface area contributed by atoms with Gasteiger partial charge in [-0.1, -0.05) is 30.3 Å². The van der Waals surface area contributed by atoms with E-state index in [1.165, 1.54) is 0 Å². The second-order valence-corrected chi connectivity index (χ2v) is 7.49. The monoisotopic (exact) mass is 329 g/mol. The van der Waals surface area contributed by atoms with Crippen LogP contribution < -0.4 is 10.6 Å². The van der Waals surface area contributed by atoms with Crippen LogP contribution in [0.15, 0.2) is 30.3 Å². The number of β-amino-alcohol motifs (C(OH)–C–C–N with tert-alkyl or cyclic N) is 1. The summed E-state index contributed by atoms with van der Waals surface area (Å²) in [5.41, 5.74) is -0.0204. The van der Waals surface area contributed by atoms with E-state index in [4.69, 9.17) is 0 Å². The third-order valence-corrected chi connectivity index (χ3v) is 6.29. The lowest BCUT2D eigenvalue weighted by atomic mass is 9.78. The van der Waals surface area contributed by atoms with Gasteiger partial charge in [-0.2, -0.15) is 0 Å². The van der Waals surface area contributed by atoms with Crippen LogP contribution in [0, 0.1) is 0 Å². The molecule has 0 radical (unpaired) electrons. The zero-order chi connectivity index (χ0) is 16.6. The number of carbonyl (C=O) groups is 1. The number of piperidine rings is 1. The highest BCUT2D eigenvalue weighted by atomic mass is 16.3. The number of nitrogens with zero attached hydrogens (tertiary/aromatic N) is 1. The number of aliphatic hydroxyl groups is 1. The van der Waals surface area contributed by atoms with Gasteiger partial charge in [0, 0.05) is 6.54 Å². The first-order valence-corrected chi connectivity index (χ1v) is 9.19. The van der Waals surface area contributed by atoms with E-state index in [9.17, 15) is 9.90 Å². The molecule has 0 bridgehead atoms. The molecule has 5 heteroatoms. The van der Waals surface area contributed by atoms with Crippen molar-refractivity contribution in [1.29, 1.82) is 0 Å². The van der Waals surface area contributed by atoms with E-state index < -0.39 is 11.6 Å². The molecule has 1 amide bonds. The Morgan fingerprint density at radius 3 is 2.54 bits per heavy atom. The first-order chi connectivity index (χ1) is 11.7. The fraction of sp³-hybridized carbons (Fsp3) is 0.632. The first kappa shape index (κ1) is 16.1. The van der Waals surface area contributed by atoms with Crippen LogP contribution in [0.25, 0.3) is 0 Å². The highest BCUT2D eigenvalue weighted by molar-refractivity contribution is 5.88. The molecule has 2 atom stereocenters. The average molecular weight is 329 g/mol. The second-order valence-electron chi connectivity index (χ2n) is 7.49. The summed E-state index contributed by atoms with van der Waals surface area (Å²) in [6.45, 7) is 3.35. The smallest absolute Gasteiger partial charge is 0.241 e. The topological polar surface area (TPSA) is 64.6 Å². The Labute approximate surface area is 143 Å². The molecule has 0 aliphatic carbocycles. The predicted octanol–water partition coefficient (Wildman–Crippen LogP) is 0.981. The Balaban J connectivity index is 1.66. The molecular formula is C19H27N3O2. The summed E-state index contributed by atoms with van der Waals surface area (Å²) in [4.78, 5) is 15.7. The molecule has 130 valence electrons. The van der Waals surface area contributed by atoms with E-state index in [0.29, 0.717) is 13.0 Å². The summed E-state index contributed by atoms with van der Waals surface area (Å²) >= 11 is 0. The van der Waals surface area contributed by atoms with Crippen LogP contribution in [-0.2, 0) is 10.3 Å². The second kappa shape index (κ2) is 6.14. The van der Waals surface area contributed by atoms with Gasteiger partial charge in [-0.05, 0) is 57.3 Å². The van der Waals surface area contributed by atoms with Crippen molar-refractivity contribution in [3.05, 3.63) is 35.9 Å². The first-order valence-electron chi connectivity index (χ1n) is 9.19. The highest BCUT2D eigenvalue weighted by Gasteiger charge is 2.53. The summed E-state index contributed by atoms with van der Waals surface area (Å²) in [6.07, 6.45) is 4.16. The van der Waals surface area contributed by atoms with Crippen LogP contribution in [0.3, 0.4) is 0 Å². The van der Waals surface area contributed by atoms with Crippen molar-refractivity contribution in [1.82, 2.24) is 15.5 Å². The molecule has 3 N–H and O–H groups in total. The molecule has 1 aromatic rings. The van der Waals surface area contributed by atoms with Crippen molar-refractivity contribution in [2.24, 2.45) is 0 Å². The van der Waals surface area contributed by atoms with Crippen molar-refractivity contribution >= 4 is 5.91 Å². The number of nitrogens with one attached hydrogen (secondary N) is 2. The minimum Gasteiger partial charge on any atom is -0.389 e. The average Bonchev–Trinajstić information content (AvgIpc) is 3.19. The molecule has 24 heavy (non-hydrogen) atoms. The maximum absolute atomic E-state index is 13.4. The van der Waals surface area contributed by atoms with E-state index in [1.807, 2.05) is 30.3 Å². The van der Waals surface area contributed by atoms with Crippen LogP contribution in [0.5, 0.6) is 0 Å². The largest absolute Gasteiger partial charge is 0.389 e. The Kier molecular flexibility index (Phi) is 4.11. The molecule has 0 spiro atoms. The molecule has 3 aliphatic heterocycles. The van der Waals surface area contributed by atoms with Gasteiger partial charge >= 0.3 is 0 Å². The van der Waals surface area contributed by atoms with E-state index in [2.05, 4.69) is 15.5 Å². The van der Waals surface area contributed by atoms with Gasteiger partial charge in [-0.3, -0.25) is 9.69 Å². The van der Waals surface area contributed by atoms with E-state index in [0.717, 1.165) is 50.9 Å². The van der Waals surface area contributed by atoms with Gasteiger partial charge in [0.15, 0.2) is 0 Å². The fourth-order valence-electron chi connectivity index (χ4n) is 4.95. The zero-order valence-electron chi connectivity index (χ0n) is 14.1. The van der Waals surface area contributed by atoms with Crippen LogP contribution >= 0.6 is 0 Å². The number of amides is 1. The molecular weight excluding hydrogens is 302 g/mol. The van der Waals surface area contributed by atoms with Crippen molar-refractivity contribution in [2.45, 2.75) is 49.3 Å². The summed E-state index contributed by atoms with van der Waals surface area (Å²) in [5, 5.41) is 17.4. The fourth-order valence-corrected chi connectivity index (χ4v) is 4.95. The molecule has 3 aliphatic rings. The van der Waals surface area contributed by atoms with Crippen molar-refractivity contribution in [3.8, 4) is 0 Å². The number of fused-ring (bicyclic) bond motifs is 1. The van der Waals surface area contributed by atoms with Gasteiger partial charge in [0.2, 0.25) is 5.91 Å². The lowest BCUT2D eigenvalue weighted by Crippen LogP contribution is -2.65. The third kappa shape index (κ3) is 2.38. The van der Waals surface area contributed by atoms with Gasteiger partial charge < -0.3 is 15.7 Å². The SMILES string of the molecule is O=C(N[C@]1(c2ccccc2)CCNC[C@H]1O)C12CCCN1CCC2. The minimum absolute atomic E-state index is 0.113. The Morgan fingerprint density at radius 2 is 1.88 bits per heavy atom. The van der Waals surface area contributed by atoms with Gasteiger partial charge in [-0.15, -0.1) is 0 Å². The molecule has 3 heterocycles. The third-order valence-electron chi connectivity index (χ3n) is 6.29. The quantitative estimate of drug-likeness (QED) is 0.773. The Hall–Kier alpha value is -1.43. The number of aliphatic hydroxyl groups excluding tert-OH is 1. The lowest BCUT2D eigenvalue weighted by Gasteiger charge is -2.45. The van der Waals surface area contributed by atoms with E-state index in [1.54, 1.807) is 0 Å². The number of hydrogen-bond acceptors (Lipinski definition) is 4. The summed E-state index contributed by atoms with van der Waals surface area (Å²) in [6, 6.07) is 9.98. The maximum atomic E-state index is 13.4. The molecule has 1 aromatic carbocycles. The maximum Gasteiger partial charge on any atom is 0.241 e. The molecule has 3 fully saturated rings. The number of rotatable bonds is 3. The molecule has 0 unspecified atom stereocenters. The normalized spacial score (nSPS) is 32.5. The predicted molar refractivity (Wildman–Crippen MR) is 92.5 cm³/mol. The van der Waals surface area contributed by atoms with E-state index in [-0.39, 0.29) is 11.4 Å².